The van der Waals surface area contributed by atoms with Crippen molar-refractivity contribution >= 4 is 17.5 Å². The van der Waals surface area contributed by atoms with Gasteiger partial charge in [0.2, 0.25) is 0 Å². The molecule has 126 valence electrons. The van der Waals surface area contributed by atoms with Gasteiger partial charge in [-0.1, -0.05) is 33.6 Å². The summed E-state index contributed by atoms with van der Waals surface area (Å²) in [4.78, 5) is 33.3. The maximum Gasteiger partial charge on any atom is 0.312 e. The van der Waals surface area contributed by atoms with Gasteiger partial charge in [-0.15, -0.1) is 0 Å². The molecule has 2 aliphatic carbocycles. The van der Waals surface area contributed by atoms with Crippen molar-refractivity contribution in [3.05, 3.63) is 0 Å². The Morgan fingerprint density at radius 1 is 1.05 bits per heavy atom. The van der Waals surface area contributed by atoms with E-state index in [1.165, 1.54) is 14.0 Å². The highest BCUT2D eigenvalue weighted by atomic mass is 16.5. The topological polar surface area (TPSA) is 60.4 Å². The molecule has 0 N–H and O–H groups in total. The Labute approximate surface area is 134 Å². The summed E-state index contributed by atoms with van der Waals surface area (Å²) in [5.41, 5.74) is -0.385. The van der Waals surface area contributed by atoms with E-state index in [-0.39, 0.29) is 17.2 Å². The minimum atomic E-state index is -0.463. The Morgan fingerprint density at radius 3 is 1.82 bits per heavy atom. The maximum absolute atomic E-state index is 11.4. The van der Waals surface area contributed by atoms with Crippen molar-refractivity contribution < 1.29 is 19.1 Å². The van der Waals surface area contributed by atoms with Crippen molar-refractivity contribution in [3.8, 4) is 0 Å². The lowest BCUT2D eigenvalue weighted by Gasteiger charge is -2.11. The normalized spacial score (nSPS) is 35.0. The van der Waals surface area contributed by atoms with Crippen molar-refractivity contribution in [1.82, 2.24) is 0 Å². The molecule has 4 heteroatoms. The summed E-state index contributed by atoms with van der Waals surface area (Å²) in [6.45, 7) is 9.49. The summed E-state index contributed by atoms with van der Waals surface area (Å²) in [6.07, 6.45) is 4.39. The second kappa shape index (κ2) is 6.93. The van der Waals surface area contributed by atoms with E-state index in [1.54, 1.807) is 6.92 Å². The Morgan fingerprint density at radius 2 is 1.59 bits per heavy atom. The van der Waals surface area contributed by atoms with Crippen LogP contribution in [0.3, 0.4) is 0 Å². The first-order chi connectivity index (χ1) is 10.2. The van der Waals surface area contributed by atoms with Gasteiger partial charge in [-0.2, -0.15) is 0 Å². The molecule has 0 heterocycles. The van der Waals surface area contributed by atoms with Crippen LogP contribution >= 0.6 is 0 Å². The van der Waals surface area contributed by atoms with Crippen LogP contribution in [0.25, 0.3) is 0 Å². The lowest BCUT2D eigenvalue weighted by Crippen LogP contribution is -2.22. The summed E-state index contributed by atoms with van der Waals surface area (Å²) < 4.78 is 4.72. The number of carbonyl (C=O) groups is 3. The van der Waals surface area contributed by atoms with E-state index < -0.39 is 5.41 Å². The van der Waals surface area contributed by atoms with E-state index in [0.717, 1.165) is 25.7 Å². The van der Waals surface area contributed by atoms with Gasteiger partial charge < -0.3 is 4.74 Å². The first-order valence-electron chi connectivity index (χ1n) is 8.26. The van der Waals surface area contributed by atoms with Gasteiger partial charge in [0, 0.05) is 11.8 Å². The number of esters is 1. The van der Waals surface area contributed by atoms with E-state index in [9.17, 15) is 14.4 Å². The van der Waals surface area contributed by atoms with Gasteiger partial charge in [0.25, 0.3) is 0 Å². The highest BCUT2D eigenvalue weighted by Gasteiger charge is 2.60. The van der Waals surface area contributed by atoms with Crippen molar-refractivity contribution in [2.75, 3.05) is 7.11 Å². The van der Waals surface area contributed by atoms with Crippen LogP contribution in [0.15, 0.2) is 0 Å². The van der Waals surface area contributed by atoms with Gasteiger partial charge in [-0.25, -0.2) is 0 Å². The molecular weight excluding hydrogens is 280 g/mol. The molecule has 0 amide bonds. The Hall–Kier alpha value is -1.19. The molecule has 0 aromatic heterocycles. The fourth-order valence-corrected chi connectivity index (χ4v) is 3.58. The molecule has 0 unspecified atom stereocenters. The zero-order valence-corrected chi connectivity index (χ0v) is 14.8. The predicted molar refractivity (Wildman–Crippen MR) is 85.3 cm³/mol. The summed E-state index contributed by atoms with van der Waals surface area (Å²) in [5.74, 6) is 1.27. The van der Waals surface area contributed by atoms with Gasteiger partial charge in [-0.05, 0) is 38.5 Å². The number of hydrogen-bond acceptors (Lipinski definition) is 4. The first kappa shape index (κ1) is 18.9. The number of carbonyl (C=O) groups excluding carboxylic acids is 3. The highest BCUT2D eigenvalue weighted by molar-refractivity contribution is 5.88. The second-order valence-electron chi connectivity index (χ2n) is 7.12. The zero-order valence-electron chi connectivity index (χ0n) is 14.8. The Kier molecular flexibility index (Phi) is 5.94. The third-order valence-corrected chi connectivity index (χ3v) is 5.59. The van der Waals surface area contributed by atoms with E-state index in [4.69, 9.17) is 4.74 Å². The van der Waals surface area contributed by atoms with E-state index >= 15 is 0 Å². The molecule has 2 fully saturated rings. The molecule has 0 aromatic rings. The summed E-state index contributed by atoms with van der Waals surface area (Å²) in [6, 6.07) is 0. The fourth-order valence-electron chi connectivity index (χ4n) is 3.58. The smallest absolute Gasteiger partial charge is 0.312 e. The van der Waals surface area contributed by atoms with Crippen molar-refractivity contribution in [1.29, 1.82) is 0 Å². The molecule has 0 spiro atoms. The lowest BCUT2D eigenvalue weighted by atomic mass is 9.96. The Balaban J connectivity index is 0.000000235. The van der Waals surface area contributed by atoms with Crippen LogP contribution in [-0.4, -0.2) is 24.6 Å². The molecule has 0 saturated heterocycles. The van der Waals surface area contributed by atoms with Crippen LogP contribution in [-0.2, 0) is 19.1 Å². The monoisotopic (exact) mass is 310 g/mol. The van der Waals surface area contributed by atoms with Crippen LogP contribution in [0.2, 0.25) is 0 Å². The van der Waals surface area contributed by atoms with E-state index in [1.807, 2.05) is 6.92 Å². The standard InChI is InChI=1S/C10H16O3.C8H14O/c1-4-8-6-10(8,5-7(2)11)9(12)13-3;1-4-7-5-8(7,3)6(2)9/h8H,4-6H2,1-3H3;7H,4-5H2,1-3H3/t8-,10+;7-,8-/m00/s1. The van der Waals surface area contributed by atoms with Gasteiger partial charge in [0.15, 0.2) is 0 Å². The SMILES string of the molecule is CC[C@H]1C[C@@]1(C)C(C)=O.CC[C@H]1C[C@@]1(CC(C)=O)C(=O)OC. The van der Waals surface area contributed by atoms with Crippen LogP contribution in [0.5, 0.6) is 0 Å². The average Bonchev–Trinajstić information content (AvgIpc) is 3.34. The van der Waals surface area contributed by atoms with Crippen molar-refractivity contribution in [2.24, 2.45) is 22.7 Å². The molecule has 0 bridgehead atoms. The molecule has 4 nitrogen and oxygen atoms in total. The third kappa shape index (κ3) is 3.76. The average molecular weight is 310 g/mol. The minimum Gasteiger partial charge on any atom is -0.469 e. The summed E-state index contributed by atoms with van der Waals surface area (Å²) in [7, 11) is 1.38. The second-order valence-corrected chi connectivity index (χ2v) is 7.12. The van der Waals surface area contributed by atoms with Crippen LogP contribution in [0.4, 0.5) is 0 Å². The van der Waals surface area contributed by atoms with Crippen molar-refractivity contribution in [3.63, 3.8) is 0 Å². The molecule has 2 saturated carbocycles. The largest absolute Gasteiger partial charge is 0.469 e. The van der Waals surface area contributed by atoms with Crippen LogP contribution in [0, 0.1) is 22.7 Å². The summed E-state index contributed by atoms with van der Waals surface area (Å²) >= 11 is 0. The number of ether oxygens (including phenoxy) is 1. The predicted octanol–water partition coefficient (Wildman–Crippen LogP) is 3.57. The lowest BCUT2D eigenvalue weighted by molar-refractivity contribution is -0.149. The maximum atomic E-state index is 11.4. The summed E-state index contributed by atoms with van der Waals surface area (Å²) in [5, 5.41) is 0. The molecule has 4 atom stereocenters. The molecule has 0 radical (unpaired) electrons. The van der Waals surface area contributed by atoms with Gasteiger partial charge in [0.05, 0.1) is 12.5 Å². The molecule has 22 heavy (non-hydrogen) atoms. The molecule has 2 aliphatic rings. The first-order valence-corrected chi connectivity index (χ1v) is 8.26. The Bertz CT molecular complexity index is 456. The number of ketones is 2. The molecule has 2 rings (SSSR count). The van der Waals surface area contributed by atoms with Gasteiger partial charge >= 0.3 is 5.97 Å². The number of Topliss-reactive ketones (excluding diaryl/α,β-unsaturated/α-hetero) is 2. The zero-order chi connectivity index (χ0) is 17.1. The fraction of sp³-hybridized carbons (Fsp3) is 0.833. The molecular formula is C18H30O4. The van der Waals surface area contributed by atoms with Crippen LogP contribution < -0.4 is 0 Å². The quantitative estimate of drug-likeness (QED) is 0.704. The molecule has 0 aliphatic heterocycles. The number of methoxy groups -OCH3 is 1. The van der Waals surface area contributed by atoms with Gasteiger partial charge in [-0.3, -0.25) is 14.4 Å². The number of rotatable bonds is 6. The van der Waals surface area contributed by atoms with Gasteiger partial charge in [0.1, 0.15) is 11.6 Å². The highest BCUT2D eigenvalue weighted by Crippen LogP contribution is 2.57. The van der Waals surface area contributed by atoms with E-state index in [0.29, 0.717) is 24.0 Å². The third-order valence-electron chi connectivity index (χ3n) is 5.59. The molecule has 0 aromatic carbocycles. The van der Waals surface area contributed by atoms with Crippen LogP contribution in [0.1, 0.15) is 66.7 Å². The number of hydrogen-bond donors (Lipinski definition) is 0. The van der Waals surface area contributed by atoms with E-state index in [2.05, 4.69) is 13.8 Å². The minimum absolute atomic E-state index is 0.0707. The van der Waals surface area contributed by atoms with Crippen molar-refractivity contribution in [2.45, 2.75) is 66.7 Å².